The zero-order valence-electron chi connectivity index (χ0n) is 12.0. The number of amides is 2. The van der Waals surface area contributed by atoms with Gasteiger partial charge in [0.15, 0.2) is 0 Å². The minimum absolute atomic E-state index is 0.157. The molecule has 2 aromatic rings. The van der Waals surface area contributed by atoms with Crippen molar-refractivity contribution in [2.75, 3.05) is 13.7 Å². The normalized spacial score (nSPS) is 11.7. The van der Waals surface area contributed by atoms with Crippen LogP contribution < -0.4 is 10.6 Å². The van der Waals surface area contributed by atoms with Gasteiger partial charge in [0.25, 0.3) is 0 Å². The van der Waals surface area contributed by atoms with E-state index in [9.17, 15) is 4.79 Å². The molecule has 2 amide bonds. The molecule has 110 valence electrons. The quantitative estimate of drug-likeness (QED) is 0.855. The number of pyridine rings is 1. The summed E-state index contributed by atoms with van der Waals surface area (Å²) in [6, 6.07) is 13.3. The van der Waals surface area contributed by atoms with Gasteiger partial charge in [0, 0.05) is 32.6 Å². The SMILES string of the molecule is COC(CNC(=O)NCc1cccnc1)c1ccccc1. The Morgan fingerprint density at radius 3 is 2.67 bits per heavy atom. The molecule has 1 unspecified atom stereocenters. The molecule has 1 heterocycles. The highest BCUT2D eigenvalue weighted by Gasteiger charge is 2.11. The monoisotopic (exact) mass is 285 g/mol. The van der Waals surface area contributed by atoms with E-state index in [1.165, 1.54) is 0 Å². The van der Waals surface area contributed by atoms with Crippen molar-refractivity contribution in [3.05, 3.63) is 66.0 Å². The Hall–Kier alpha value is -2.40. The van der Waals surface area contributed by atoms with Crippen LogP contribution in [-0.4, -0.2) is 24.7 Å². The Morgan fingerprint density at radius 2 is 2.00 bits per heavy atom. The smallest absolute Gasteiger partial charge is 0.315 e. The number of urea groups is 1. The molecule has 0 radical (unpaired) electrons. The van der Waals surface area contributed by atoms with Gasteiger partial charge >= 0.3 is 6.03 Å². The van der Waals surface area contributed by atoms with E-state index in [1.807, 2.05) is 42.5 Å². The first-order valence-electron chi connectivity index (χ1n) is 6.78. The van der Waals surface area contributed by atoms with Crippen LogP contribution in [0.1, 0.15) is 17.2 Å². The van der Waals surface area contributed by atoms with Crippen molar-refractivity contribution in [3.63, 3.8) is 0 Å². The first kappa shape index (κ1) is 15.0. The van der Waals surface area contributed by atoms with E-state index in [2.05, 4.69) is 15.6 Å². The highest BCUT2D eigenvalue weighted by molar-refractivity contribution is 5.73. The van der Waals surface area contributed by atoms with Crippen LogP contribution >= 0.6 is 0 Å². The van der Waals surface area contributed by atoms with E-state index in [-0.39, 0.29) is 12.1 Å². The summed E-state index contributed by atoms with van der Waals surface area (Å²) in [6.45, 7) is 0.863. The minimum Gasteiger partial charge on any atom is -0.375 e. The molecule has 5 nitrogen and oxygen atoms in total. The number of benzene rings is 1. The molecule has 21 heavy (non-hydrogen) atoms. The van der Waals surface area contributed by atoms with Crippen molar-refractivity contribution in [3.8, 4) is 0 Å². The van der Waals surface area contributed by atoms with Gasteiger partial charge in [0.2, 0.25) is 0 Å². The van der Waals surface area contributed by atoms with Gasteiger partial charge in [0.1, 0.15) is 0 Å². The molecule has 2 N–H and O–H groups in total. The third kappa shape index (κ3) is 4.89. The van der Waals surface area contributed by atoms with Crippen molar-refractivity contribution in [2.45, 2.75) is 12.6 Å². The van der Waals surface area contributed by atoms with Crippen molar-refractivity contribution < 1.29 is 9.53 Å². The van der Waals surface area contributed by atoms with Crippen LogP contribution in [0, 0.1) is 0 Å². The average molecular weight is 285 g/mol. The number of hydrogen-bond donors (Lipinski definition) is 2. The highest BCUT2D eigenvalue weighted by Crippen LogP contribution is 2.14. The summed E-state index contributed by atoms with van der Waals surface area (Å²) in [7, 11) is 1.63. The van der Waals surface area contributed by atoms with Crippen molar-refractivity contribution in [2.24, 2.45) is 0 Å². The van der Waals surface area contributed by atoms with Gasteiger partial charge in [-0.2, -0.15) is 0 Å². The van der Waals surface area contributed by atoms with Crippen LogP contribution in [0.3, 0.4) is 0 Å². The van der Waals surface area contributed by atoms with Gasteiger partial charge in [0.05, 0.1) is 6.10 Å². The fraction of sp³-hybridized carbons (Fsp3) is 0.250. The lowest BCUT2D eigenvalue weighted by Gasteiger charge is -2.16. The zero-order valence-corrected chi connectivity index (χ0v) is 12.0. The molecule has 0 aliphatic rings. The molecule has 1 aromatic heterocycles. The molecule has 1 atom stereocenters. The Bertz CT molecular complexity index is 546. The highest BCUT2D eigenvalue weighted by atomic mass is 16.5. The van der Waals surface area contributed by atoms with E-state index < -0.39 is 0 Å². The van der Waals surface area contributed by atoms with Gasteiger partial charge in [-0.3, -0.25) is 4.98 Å². The molecule has 0 fully saturated rings. The summed E-state index contributed by atoms with van der Waals surface area (Å²) in [5.41, 5.74) is 1.99. The second kappa shape index (κ2) is 8.01. The van der Waals surface area contributed by atoms with Crippen molar-refractivity contribution in [1.29, 1.82) is 0 Å². The maximum Gasteiger partial charge on any atom is 0.315 e. The van der Waals surface area contributed by atoms with Gasteiger partial charge in [-0.15, -0.1) is 0 Å². The van der Waals surface area contributed by atoms with Gasteiger partial charge in [-0.05, 0) is 17.2 Å². The van der Waals surface area contributed by atoms with E-state index in [0.29, 0.717) is 13.1 Å². The van der Waals surface area contributed by atoms with E-state index >= 15 is 0 Å². The van der Waals surface area contributed by atoms with Crippen LogP contribution in [0.15, 0.2) is 54.9 Å². The zero-order chi connectivity index (χ0) is 14.9. The molecule has 0 saturated heterocycles. The molecule has 2 rings (SSSR count). The average Bonchev–Trinajstić information content (AvgIpc) is 2.55. The predicted molar refractivity (Wildman–Crippen MR) is 80.7 cm³/mol. The van der Waals surface area contributed by atoms with Crippen molar-refractivity contribution in [1.82, 2.24) is 15.6 Å². The number of rotatable bonds is 6. The molecule has 0 saturated carbocycles. The van der Waals surface area contributed by atoms with E-state index in [1.54, 1.807) is 19.5 Å². The largest absolute Gasteiger partial charge is 0.375 e. The number of hydrogen-bond acceptors (Lipinski definition) is 3. The Labute approximate surface area is 124 Å². The second-order valence-electron chi connectivity index (χ2n) is 4.56. The minimum atomic E-state index is -0.225. The molecule has 0 bridgehead atoms. The molecule has 0 spiro atoms. The summed E-state index contributed by atoms with van der Waals surface area (Å²) >= 11 is 0. The lowest BCUT2D eigenvalue weighted by Crippen LogP contribution is -2.37. The van der Waals surface area contributed by atoms with Gasteiger partial charge < -0.3 is 15.4 Å². The Kier molecular flexibility index (Phi) is 5.72. The fourth-order valence-corrected chi connectivity index (χ4v) is 1.94. The summed E-state index contributed by atoms with van der Waals surface area (Å²) in [4.78, 5) is 15.8. The van der Waals surface area contributed by atoms with E-state index in [0.717, 1.165) is 11.1 Å². The molecule has 0 aliphatic carbocycles. The number of nitrogens with zero attached hydrogens (tertiary/aromatic N) is 1. The second-order valence-corrected chi connectivity index (χ2v) is 4.56. The first-order chi connectivity index (χ1) is 10.3. The van der Waals surface area contributed by atoms with Crippen molar-refractivity contribution >= 4 is 6.03 Å². The maximum absolute atomic E-state index is 11.8. The third-order valence-electron chi connectivity index (χ3n) is 3.08. The number of methoxy groups -OCH3 is 1. The summed E-state index contributed by atoms with van der Waals surface area (Å²) < 4.78 is 5.40. The number of carbonyl (C=O) groups is 1. The topological polar surface area (TPSA) is 63.2 Å². The molecular weight excluding hydrogens is 266 g/mol. The molecule has 0 aliphatic heterocycles. The van der Waals surface area contributed by atoms with Crippen LogP contribution in [0.5, 0.6) is 0 Å². The summed E-state index contributed by atoms with van der Waals surface area (Å²) in [5.74, 6) is 0. The summed E-state index contributed by atoms with van der Waals surface area (Å²) in [6.07, 6.45) is 3.27. The predicted octanol–water partition coefficient (Wildman–Crippen LogP) is 2.27. The first-order valence-corrected chi connectivity index (χ1v) is 6.78. The van der Waals surface area contributed by atoms with E-state index in [4.69, 9.17) is 4.74 Å². The number of nitrogens with one attached hydrogen (secondary N) is 2. The van der Waals surface area contributed by atoms with Crippen LogP contribution in [0.4, 0.5) is 4.79 Å². The lowest BCUT2D eigenvalue weighted by atomic mass is 10.1. The van der Waals surface area contributed by atoms with Gasteiger partial charge in [-0.1, -0.05) is 36.4 Å². The third-order valence-corrected chi connectivity index (χ3v) is 3.08. The number of ether oxygens (including phenoxy) is 1. The fourth-order valence-electron chi connectivity index (χ4n) is 1.94. The van der Waals surface area contributed by atoms with Crippen LogP contribution in [0.25, 0.3) is 0 Å². The van der Waals surface area contributed by atoms with Gasteiger partial charge in [-0.25, -0.2) is 4.79 Å². The lowest BCUT2D eigenvalue weighted by molar-refractivity contribution is 0.104. The standard InChI is InChI=1S/C16H19N3O2/c1-21-15(14-7-3-2-4-8-14)12-19-16(20)18-11-13-6-5-9-17-10-13/h2-10,15H,11-12H2,1H3,(H2,18,19,20). The maximum atomic E-state index is 11.8. The molecular formula is C16H19N3O2. The number of carbonyl (C=O) groups excluding carboxylic acids is 1. The number of aromatic nitrogens is 1. The Balaban J connectivity index is 1.77. The van der Waals surface area contributed by atoms with Crippen LogP contribution in [0.2, 0.25) is 0 Å². The molecule has 5 heteroatoms. The summed E-state index contributed by atoms with van der Waals surface area (Å²) in [5, 5.41) is 5.59. The Morgan fingerprint density at radius 1 is 1.19 bits per heavy atom. The molecule has 1 aromatic carbocycles. The van der Waals surface area contributed by atoms with Crippen LogP contribution in [-0.2, 0) is 11.3 Å².